The van der Waals surface area contributed by atoms with E-state index in [1.807, 2.05) is 11.8 Å². The molecule has 1 aromatic rings. The number of rotatable bonds is 2. The molecule has 1 aliphatic rings. The van der Waals surface area contributed by atoms with Crippen molar-refractivity contribution in [1.29, 1.82) is 5.26 Å². The standard InChI is InChI=1S/C14H16F3N3/c1-2-11-9-19-5-6-20(11)12-4-3-10(8-18)13(7-12)14(15,16)17/h3-4,7,11,19H,2,5-6,9H2,1H3. The number of hydrogen-bond acceptors (Lipinski definition) is 3. The second kappa shape index (κ2) is 5.71. The monoisotopic (exact) mass is 283 g/mol. The lowest BCUT2D eigenvalue weighted by atomic mass is 10.0. The molecule has 0 saturated carbocycles. The van der Waals surface area contributed by atoms with Crippen molar-refractivity contribution in [2.45, 2.75) is 25.6 Å². The second-order valence-corrected chi connectivity index (χ2v) is 4.80. The van der Waals surface area contributed by atoms with Gasteiger partial charge in [-0.1, -0.05) is 6.92 Å². The Kier molecular flexibility index (Phi) is 4.19. The fourth-order valence-corrected chi connectivity index (χ4v) is 2.51. The van der Waals surface area contributed by atoms with Gasteiger partial charge in [-0.25, -0.2) is 0 Å². The van der Waals surface area contributed by atoms with Crippen LogP contribution < -0.4 is 10.2 Å². The van der Waals surface area contributed by atoms with Gasteiger partial charge in [0.05, 0.1) is 17.2 Å². The first-order chi connectivity index (χ1) is 9.47. The molecule has 2 rings (SSSR count). The second-order valence-electron chi connectivity index (χ2n) is 4.80. The van der Waals surface area contributed by atoms with Crippen LogP contribution in [-0.4, -0.2) is 25.7 Å². The van der Waals surface area contributed by atoms with Gasteiger partial charge in [0.15, 0.2) is 0 Å². The van der Waals surface area contributed by atoms with Crippen LogP contribution in [0, 0.1) is 11.3 Å². The third-order valence-electron chi connectivity index (χ3n) is 3.58. The molecule has 0 spiro atoms. The molecular weight excluding hydrogens is 267 g/mol. The van der Waals surface area contributed by atoms with Gasteiger partial charge >= 0.3 is 6.18 Å². The number of nitrogens with zero attached hydrogens (tertiary/aromatic N) is 2. The maximum Gasteiger partial charge on any atom is 0.417 e. The normalized spacial score (nSPS) is 19.8. The van der Waals surface area contributed by atoms with Crippen LogP contribution in [0.4, 0.5) is 18.9 Å². The maximum absolute atomic E-state index is 13.0. The molecule has 1 fully saturated rings. The molecule has 0 radical (unpaired) electrons. The molecule has 1 saturated heterocycles. The van der Waals surface area contributed by atoms with E-state index in [4.69, 9.17) is 5.26 Å². The summed E-state index contributed by atoms with van der Waals surface area (Å²) in [7, 11) is 0. The molecule has 0 bridgehead atoms. The van der Waals surface area contributed by atoms with Crippen molar-refractivity contribution in [2.75, 3.05) is 24.5 Å². The van der Waals surface area contributed by atoms with Crippen molar-refractivity contribution in [3.63, 3.8) is 0 Å². The first-order valence-electron chi connectivity index (χ1n) is 6.56. The van der Waals surface area contributed by atoms with Crippen molar-refractivity contribution in [3.8, 4) is 6.07 Å². The fraction of sp³-hybridized carbons (Fsp3) is 0.500. The zero-order valence-electron chi connectivity index (χ0n) is 11.2. The van der Waals surface area contributed by atoms with E-state index >= 15 is 0 Å². The average molecular weight is 283 g/mol. The van der Waals surface area contributed by atoms with Crippen LogP contribution >= 0.6 is 0 Å². The minimum absolute atomic E-state index is 0.178. The van der Waals surface area contributed by atoms with Crippen molar-refractivity contribution in [2.24, 2.45) is 0 Å². The number of halogens is 3. The third-order valence-corrected chi connectivity index (χ3v) is 3.58. The summed E-state index contributed by atoms with van der Waals surface area (Å²) in [5, 5.41) is 12.0. The molecule has 20 heavy (non-hydrogen) atoms. The minimum Gasteiger partial charge on any atom is -0.366 e. The lowest BCUT2D eigenvalue weighted by Crippen LogP contribution is -2.51. The number of alkyl halides is 3. The highest BCUT2D eigenvalue weighted by Gasteiger charge is 2.34. The minimum atomic E-state index is -4.50. The molecule has 0 aromatic heterocycles. The van der Waals surface area contributed by atoms with E-state index in [0.29, 0.717) is 12.2 Å². The molecule has 1 heterocycles. The van der Waals surface area contributed by atoms with Gasteiger partial charge in [0.1, 0.15) is 0 Å². The summed E-state index contributed by atoms with van der Waals surface area (Å²) < 4.78 is 38.9. The van der Waals surface area contributed by atoms with E-state index in [0.717, 1.165) is 25.6 Å². The van der Waals surface area contributed by atoms with Crippen LogP contribution in [-0.2, 0) is 6.18 Å². The topological polar surface area (TPSA) is 39.1 Å². The molecule has 1 aliphatic heterocycles. The maximum atomic E-state index is 13.0. The highest BCUT2D eigenvalue weighted by Crippen LogP contribution is 2.35. The van der Waals surface area contributed by atoms with E-state index in [1.165, 1.54) is 6.07 Å². The van der Waals surface area contributed by atoms with Gasteiger partial charge in [0.25, 0.3) is 0 Å². The Morgan fingerprint density at radius 3 is 2.80 bits per heavy atom. The Bertz CT molecular complexity index is 519. The lowest BCUT2D eigenvalue weighted by molar-refractivity contribution is -0.137. The summed E-state index contributed by atoms with van der Waals surface area (Å²) >= 11 is 0. The van der Waals surface area contributed by atoms with E-state index < -0.39 is 11.7 Å². The molecular formula is C14H16F3N3. The van der Waals surface area contributed by atoms with Gasteiger partial charge in [-0.05, 0) is 24.6 Å². The first kappa shape index (κ1) is 14.7. The molecule has 1 unspecified atom stereocenters. The molecule has 0 amide bonds. The number of anilines is 1. The highest BCUT2D eigenvalue weighted by atomic mass is 19.4. The molecule has 0 aliphatic carbocycles. The van der Waals surface area contributed by atoms with Crippen molar-refractivity contribution in [3.05, 3.63) is 29.3 Å². The SMILES string of the molecule is CCC1CNCCN1c1ccc(C#N)c(C(F)(F)F)c1. The number of nitrogens with one attached hydrogen (secondary N) is 1. The van der Waals surface area contributed by atoms with Crippen molar-refractivity contribution < 1.29 is 13.2 Å². The Morgan fingerprint density at radius 1 is 1.45 bits per heavy atom. The Morgan fingerprint density at radius 2 is 2.20 bits per heavy atom. The van der Waals surface area contributed by atoms with Crippen LogP contribution in [0.5, 0.6) is 0 Å². The predicted octanol–water partition coefficient (Wildman–Crippen LogP) is 2.77. The number of piperazine rings is 1. The summed E-state index contributed by atoms with van der Waals surface area (Å²) in [4.78, 5) is 1.98. The van der Waals surface area contributed by atoms with Gasteiger partial charge in [0.2, 0.25) is 0 Å². The lowest BCUT2D eigenvalue weighted by Gasteiger charge is -2.38. The van der Waals surface area contributed by atoms with Crippen LogP contribution in [0.25, 0.3) is 0 Å². The smallest absolute Gasteiger partial charge is 0.366 e. The van der Waals surface area contributed by atoms with Crippen LogP contribution in [0.2, 0.25) is 0 Å². The van der Waals surface area contributed by atoms with E-state index in [9.17, 15) is 13.2 Å². The molecule has 1 N–H and O–H groups in total. The molecule has 108 valence electrons. The predicted molar refractivity (Wildman–Crippen MR) is 70.5 cm³/mol. The largest absolute Gasteiger partial charge is 0.417 e. The summed E-state index contributed by atoms with van der Waals surface area (Å²) in [5.41, 5.74) is -0.653. The van der Waals surface area contributed by atoms with Crippen molar-refractivity contribution >= 4 is 5.69 Å². The summed E-state index contributed by atoms with van der Waals surface area (Å²) in [6, 6.07) is 5.73. The van der Waals surface area contributed by atoms with Gasteiger partial charge < -0.3 is 10.2 Å². The van der Waals surface area contributed by atoms with Gasteiger partial charge in [0, 0.05) is 31.4 Å². The van der Waals surface area contributed by atoms with Crippen LogP contribution in [0.3, 0.4) is 0 Å². The van der Waals surface area contributed by atoms with Crippen molar-refractivity contribution in [1.82, 2.24) is 5.32 Å². The summed E-state index contributed by atoms with van der Waals surface area (Å²) in [6.45, 7) is 4.19. The van der Waals surface area contributed by atoms with Crippen LogP contribution in [0.1, 0.15) is 24.5 Å². The quantitative estimate of drug-likeness (QED) is 0.907. The number of hydrogen-bond donors (Lipinski definition) is 1. The Balaban J connectivity index is 2.40. The number of nitriles is 1. The summed E-state index contributed by atoms with van der Waals surface area (Å²) in [5.74, 6) is 0. The molecule has 1 aromatic carbocycles. The Hall–Kier alpha value is -1.74. The zero-order valence-corrected chi connectivity index (χ0v) is 11.2. The molecule has 3 nitrogen and oxygen atoms in total. The average Bonchev–Trinajstić information content (AvgIpc) is 2.45. The van der Waals surface area contributed by atoms with Crippen LogP contribution in [0.15, 0.2) is 18.2 Å². The molecule has 1 atom stereocenters. The zero-order chi connectivity index (χ0) is 14.8. The van der Waals surface area contributed by atoms with Gasteiger partial charge in [-0.15, -0.1) is 0 Å². The highest BCUT2D eigenvalue weighted by molar-refractivity contribution is 5.55. The van der Waals surface area contributed by atoms with E-state index in [1.54, 1.807) is 12.1 Å². The Labute approximate surface area is 116 Å². The number of benzene rings is 1. The fourth-order valence-electron chi connectivity index (χ4n) is 2.51. The summed E-state index contributed by atoms with van der Waals surface area (Å²) in [6.07, 6.45) is -3.65. The first-order valence-corrected chi connectivity index (χ1v) is 6.56. The van der Waals surface area contributed by atoms with E-state index in [-0.39, 0.29) is 11.6 Å². The third kappa shape index (κ3) is 2.88. The van der Waals surface area contributed by atoms with E-state index in [2.05, 4.69) is 5.32 Å². The van der Waals surface area contributed by atoms with Gasteiger partial charge in [-0.2, -0.15) is 18.4 Å². The van der Waals surface area contributed by atoms with Gasteiger partial charge in [-0.3, -0.25) is 0 Å². The molecule has 6 heteroatoms.